The van der Waals surface area contributed by atoms with E-state index in [0.717, 1.165) is 30.2 Å². The minimum atomic E-state index is 0.540. The minimum absolute atomic E-state index is 0.540. The summed E-state index contributed by atoms with van der Waals surface area (Å²) in [5.41, 5.74) is 7.93. The second kappa shape index (κ2) is 3.56. The van der Waals surface area contributed by atoms with Crippen LogP contribution in [0, 0.1) is 0 Å². The first-order chi connectivity index (χ1) is 6.27. The Morgan fingerprint density at radius 1 is 1.46 bits per heavy atom. The van der Waals surface area contributed by atoms with Crippen molar-refractivity contribution in [1.29, 1.82) is 0 Å². The molecule has 1 saturated heterocycles. The molecule has 3 N–H and O–H groups in total. The van der Waals surface area contributed by atoms with E-state index in [-0.39, 0.29) is 0 Å². The number of nitrogens with one attached hydrogen (secondary N) is 1. The Labute approximate surface area is 83.1 Å². The zero-order valence-electron chi connectivity index (χ0n) is 7.39. The molecule has 0 bridgehead atoms. The monoisotopic (exact) mass is 196 g/mol. The van der Waals surface area contributed by atoms with Gasteiger partial charge in [-0.25, -0.2) is 0 Å². The third-order valence-corrected chi connectivity index (χ3v) is 2.78. The predicted molar refractivity (Wildman–Crippen MR) is 56.1 cm³/mol. The second-order valence-corrected chi connectivity index (χ2v) is 3.90. The van der Waals surface area contributed by atoms with E-state index in [0.29, 0.717) is 5.92 Å². The Kier molecular flexibility index (Phi) is 2.42. The van der Waals surface area contributed by atoms with Gasteiger partial charge in [0.2, 0.25) is 0 Å². The van der Waals surface area contributed by atoms with Crippen molar-refractivity contribution in [1.82, 2.24) is 5.32 Å². The molecule has 0 aromatic heterocycles. The van der Waals surface area contributed by atoms with Gasteiger partial charge >= 0.3 is 0 Å². The van der Waals surface area contributed by atoms with E-state index in [1.54, 1.807) is 0 Å². The lowest BCUT2D eigenvalue weighted by Crippen LogP contribution is -2.09. The van der Waals surface area contributed by atoms with E-state index in [9.17, 15) is 0 Å². The molecule has 1 heterocycles. The van der Waals surface area contributed by atoms with E-state index in [1.165, 1.54) is 5.56 Å². The number of anilines is 1. The van der Waals surface area contributed by atoms with Crippen LogP contribution in [0.1, 0.15) is 17.9 Å². The third-order valence-electron chi connectivity index (χ3n) is 2.55. The van der Waals surface area contributed by atoms with Crippen LogP contribution in [0.3, 0.4) is 0 Å². The molecule has 1 fully saturated rings. The molecular weight excluding hydrogens is 184 g/mol. The number of hydrogen-bond donors (Lipinski definition) is 2. The molecule has 70 valence electrons. The lowest BCUT2D eigenvalue weighted by molar-refractivity contribution is 0.766. The van der Waals surface area contributed by atoms with Gasteiger partial charge in [-0.3, -0.25) is 0 Å². The van der Waals surface area contributed by atoms with Gasteiger partial charge in [-0.15, -0.1) is 0 Å². The molecule has 0 amide bonds. The Hall–Kier alpha value is -0.730. The lowest BCUT2D eigenvalue weighted by Gasteiger charge is -2.11. The number of nitrogens with two attached hydrogens (primary N) is 1. The van der Waals surface area contributed by atoms with Crippen LogP contribution < -0.4 is 11.1 Å². The molecule has 1 aromatic rings. The molecule has 3 heteroatoms. The van der Waals surface area contributed by atoms with E-state index in [1.807, 2.05) is 18.2 Å². The number of halogens is 1. The molecule has 1 aliphatic rings. The first-order valence-electron chi connectivity index (χ1n) is 4.53. The van der Waals surface area contributed by atoms with Crippen molar-refractivity contribution in [3.63, 3.8) is 0 Å². The standard InChI is InChI=1S/C10H13ClN2/c11-8-1-2-10(12)9(5-8)7-3-4-13-6-7/h1-2,5,7,13H,3-4,6,12H2. The summed E-state index contributed by atoms with van der Waals surface area (Å²) in [6.45, 7) is 2.10. The van der Waals surface area contributed by atoms with Crippen LogP contribution in [-0.2, 0) is 0 Å². The fourth-order valence-corrected chi connectivity index (χ4v) is 2.00. The SMILES string of the molecule is Nc1ccc(Cl)cc1C1CCNC1. The molecule has 13 heavy (non-hydrogen) atoms. The summed E-state index contributed by atoms with van der Waals surface area (Å²) in [6.07, 6.45) is 1.16. The maximum atomic E-state index is 5.92. The normalized spacial score (nSPS) is 22.1. The first-order valence-corrected chi connectivity index (χ1v) is 4.91. The van der Waals surface area contributed by atoms with Crippen LogP contribution >= 0.6 is 11.6 Å². The van der Waals surface area contributed by atoms with E-state index in [4.69, 9.17) is 17.3 Å². The average Bonchev–Trinajstić information content (AvgIpc) is 2.61. The van der Waals surface area contributed by atoms with Crippen molar-refractivity contribution >= 4 is 17.3 Å². The summed E-state index contributed by atoms with van der Waals surface area (Å²) >= 11 is 5.92. The molecule has 0 saturated carbocycles. The fraction of sp³-hybridized carbons (Fsp3) is 0.400. The third kappa shape index (κ3) is 1.79. The maximum Gasteiger partial charge on any atom is 0.0410 e. The highest BCUT2D eigenvalue weighted by molar-refractivity contribution is 6.30. The average molecular weight is 197 g/mol. The lowest BCUT2D eigenvalue weighted by atomic mass is 9.97. The molecule has 0 aliphatic carbocycles. The molecule has 1 unspecified atom stereocenters. The van der Waals surface area contributed by atoms with Gasteiger partial charge in [0.25, 0.3) is 0 Å². The molecule has 1 aromatic carbocycles. The maximum absolute atomic E-state index is 5.92. The first kappa shape index (κ1) is 8.85. The van der Waals surface area contributed by atoms with Gasteiger partial charge in [-0.2, -0.15) is 0 Å². The molecule has 1 aliphatic heterocycles. The Balaban J connectivity index is 2.32. The highest BCUT2D eigenvalue weighted by atomic mass is 35.5. The van der Waals surface area contributed by atoms with E-state index < -0.39 is 0 Å². The van der Waals surface area contributed by atoms with Crippen molar-refractivity contribution in [3.8, 4) is 0 Å². The molecule has 0 spiro atoms. The number of hydrogen-bond acceptors (Lipinski definition) is 2. The van der Waals surface area contributed by atoms with E-state index >= 15 is 0 Å². The highest BCUT2D eigenvalue weighted by Crippen LogP contribution is 2.29. The Bertz CT molecular complexity index is 306. The summed E-state index contributed by atoms with van der Waals surface area (Å²) < 4.78 is 0. The van der Waals surface area contributed by atoms with Crippen molar-refractivity contribution in [2.45, 2.75) is 12.3 Å². The second-order valence-electron chi connectivity index (χ2n) is 3.46. The number of nitrogen functional groups attached to an aromatic ring is 1. The van der Waals surface area contributed by atoms with Gasteiger partial charge in [0.1, 0.15) is 0 Å². The highest BCUT2D eigenvalue weighted by Gasteiger charge is 2.18. The van der Waals surface area contributed by atoms with Crippen molar-refractivity contribution in [3.05, 3.63) is 28.8 Å². The number of rotatable bonds is 1. The smallest absolute Gasteiger partial charge is 0.0410 e. The summed E-state index contributed by atoms with van der Waals surface area (Å²) in [5, 5.41) is 4.09. The Morgan fingerprint density at radius 3 is 3.00 bits per heavy atom. The molecule has 2 rings (SSSR count). The molecular formula is C10H13ClN2. The quantitative estimate of drug-likeness (QED) is 0.675. The van der Waals surface area contributed by atoms with Gasteiger partial charge in [-0.1, -0.05) is 11.6 Å². The topological polar surface area (TPSA) is 38.0 Å². The largest absolute Gasteiger partial charge is 0.398 e. The Morgan fingerprint density at radius 2 is 2.31 bits per heavy atom. The van der Waals surface area contributed by atoms with Crippen molar-refractivity contribution < 1.29 is 0 Å². The van der Waals surface area contributed by atoms with Gasteiger partial charge in [0.05, 0.1) is 0 Å². The zero-order valence-corrected chi connectivity index (χ0v) is 8.14. The van der Waals surface area contributed by atoms with Crippen molar-refractivity contribution in [2.24, 2.45) is 0 Å². The summed E-state index contributed by atoms with van der Waals surface area (Å²) in [5.74, 6) is 0.540. The van der Waals surface area contributed by atoms with E-state index in [2.05, 4.69) is 5.32 Å². The van der Waals surface area contributed by atoms with Crippen LogP contribution in [0.25, 0.3) is 0 Å². The zero-order chi connectivity index (χ0) is 9.26. The molecule has 0 radical (unpaired) electrons. The van der Waals surface area contributed by atoms with Crippen LogP contribution in [0.4, 0.5) is 5.69 Å². The molecule has 2 nitrogen and oxygen atoms in total. The van der Waals surface area contributed by atoms with Gasteiger partial charge < -0.3 is 11.1 Å². The van der Waals surface area contributed by atoms with Gasteiger partial charge in [-0.05, 0) is 42.6 Å². The summed E-state index contributed by atoms with van der Waals surface area (Å²) in [7, 11) is 0. The summed E-state index contributed by atoms with van der Waals surface area (Å²) in [6, 6.07) is 5.70. The fourth-order valence-electron chi connectivity index (χ4n) is 1.82. The van der Waals surface area contributed by atoms with Gasteiger partial charge in [0, 0.05) is 17.3 Å². The van der Waals surface area contributed by atoms with Crippen molar-refractivity contribution in [2.75, 3.05) is 18.8 Å². The number of benzene rings is 1. The minimum Gasteiger partial charge on any atom is -0.398 e. The van der Waals surface area contributed by atoms with Crippen LogP contribution in [0.15, 0.2) is 18.2 Å². The molecule has 1 atom stereocenters. The van der Waals surface area contributed by atoms with Crippen LogP contribution in [0.2, 0.25) is 5.02 Å². The van der Waals surface area contributed by atoms with Crippen LogP contribution in [0.5, 0.6) is 0 Å². The van der Waals surface area contributed by atoms with Gasteiger partial charge in [0.15, 0.2) is 0 Å². The van der Waals surface area contributed by atoms with Crippen LogP contribution in [-0.4, -0.2) is 13.1 Å². The summed E-state index contributed by atoms with van der Waals surface area (Å²) in [4.78, 5) is 0. The predicted octanol–water partition coefficient (Wildman–Crippen LogP) is 2.00.